The molecule has 0 aromatic heterocycles. The SMILES string of the molecule is C=CC=CCCCC=CC=C. The summed E-state index contributed by atoms with van der Waals surface area (Å²) in [6.07, 6.45) is 15.3. The first-order valence-electron chi connectivity index (χ1n) is 3.97. The molecule has 0 spiro atoms. The van der Waals surface area contributed by atoms with Crippen molar-refractivity contribution in [3.05, 3.63) is 49.6 Å². The first-order valence-corrected chi connectivity index (χ1v) is 3.97. The van der Waals surface area contributed by atoms with Crippen molar-refractivity contribution >= 4 is 0 Å². The van der Waals surface area contributed by atoms with Gasteiger partial charge in [0, 0.05) is 0 Å². The highest BCUT2D eigenvalue weighted by atomic mass is 13.8. The molecule has 0 radical (unpaired) electrons. The van der Waals surface area contributed by atoms with Crippen LogP contribution in [0, 0.1) is 0 Å². The molecule has 0 unspecified atom stereocenters. The molecule has 0 bridgehead atoms. The van der Waals surface area contributed by atoms with Crippen LogP contribution in [0.15, 0.2) is 49.6 Å². The Kier molecular flexibility index (Phi) is 8.11. The lowest BCUT2D eigenvalue weighted by Gasteiger charge is -1.87. The normalized spacial score (nSPS) is 10.9. The summed E-state index contributed by atoms with van der Waals surface area (Å²) in [6.45, 7) is 7.19. The van der Waals surface area contributed by atoms with Gasteiger partial charge in [-0.2, -0.15) is 0 Å². The van der Waals surface area contributed by atoms with Gasteiger partial charge in [0.25, 0.3) is 0 Å². The van der Waals surface area contributed by atoms with Gasteiger partial charge in [0.05, 0.1) is 0 Å². The van der Waals surface area contributed by atoms with Crippen LogP contribution in [0.4, 0.5) is 0 Å². The van der Waals surface area contributed by atoms with Crippen molar-refractivity contribution in [3.63, 3.8) is 0 Å². The monoisotopic (exact) mass is 148 g/mol. The van der Waals surface area contributed by atoms with E-state index in [-0.39, 0.29) is 0 Å². The molecular formula is C11H16. The van der Waals surface area contributed by atoms with Crippen molar-refractivity contribution in [2.75, 3.05) is 0 Å². The van der Waals surface area contributed by atoms with Gasteiger partial charge >= 0.3 is 0 Å². The second kappa shape index (κ2) is 8.96. The lowest BCUT2D eigenvalue weighted by molar-refractivity contribution is 0.868. The van der Waals surface area contributed by atoms with E-state index in [1.54, 1.807) is 12.2 Å². The maximum atomic E-state index is 3.59. The van der Waals surface area contributed by atoms with Crippen LogP contribution >= 0.6 is 0 Å². The zero-order chi connectivity index (χ0) is 8.36. The molecule has 0 rings (SSSR count). The topological polar surface area (TPSA) is 0 Å². The number of rotatable bonds is 6. The van der Waals surface area contributed by atoms with Crippen LogP contribution in [0.2, 0.25) is 0 Å². The third kappa shape index (κ3) is 8.96. The summed E-state index contributed by atoms with van der Waals surface area (Å²) < 4.78 is 0. The third-order valence-corrected chi connectivity index (χ3v) is 1.29. The van der Waals surface area contributed by atoms with Crippen molar-refractivity contribution in [1.29, 1.82) is 0 Å². The molecule has 0 aliphatic rings. The lowest BCUT2D eigenvalue weighted by Crippen LogP contribution is -1.67. The summed E-state index contributed by atoms with van der Waals surface area (Å²) in [5.74, 6) is 0. The number of hydrogen-bond acceptors (Lipinski definition) is 0. The van der Waals surface area contributed by atoms with E-state index in [1.165, 1.54) is 6.42 Å². The molecule has 0 atom stereocenters. The highest BCUT2D eigenvalue weighted by molar-refractivity contribution is 4.99. The summed E-state index contributed by atoms with van der Waals surface area (Å²) in [6, 6.07) is 0. The quantitative estimate of drug-likeness (QED) is 0.398. The van der Waals surface area contributed by atoms with Crippen LogP contribution in [0.25, 0.3) is 0 Å². The Bertz CT molecular complexity index is 131. The first-order chi connectivity index (χ1) is 5.41. The van der Waals surface area contributed by atoms with Crippen LogP contribution in [0.5, 0.6) is 0 Å². The minimum Gasteiger partial charge on any atom is -0.0991 e. The van der Waals surface area contributed by atoms with Gasteiger partial charge in [0.15, 0.2) is 0 Å². The average Bonchev–Trinajstić information content (AvgIpc) is 2.03. The third-order valence-electron chi connectivity index (χ3n) is 1.29. The molecular weight excluding hydrogens is 132 g/mol. The Morgan fingerprint density at radius 2 is 1.27 bits per heavy atom. The highest BCUT2D eigenvalue weighted by Gasteiger charge is 1.77. The van der Waals surface area contributed by atoms with Crippen LogP contribution in [-0.2, 0) is 0 Å². The molecule has 0 saturated heterocycles. The summed E-state index contributed by atoms with van der Waals surface area (Å²) in [4.78, 5) is 0. The van der Waals surface area contributed by atoms with Crippen LogP contribution in [0.1, 0.15) is 19.3 Å². The number of allylic oxidation sites excluding steroid dienone is 6. The Hall–Kier alpha value is -1.04. The molecule has 0 amide bonds. The predicted molar refractivity (Wildman–Crippen MR) is 52.5 cm³/mol. The van der Waals surface area contributed by atoms with E-state index in [9.17, 15) is 0 Å². The second-order valence-electron chi connectivity index (χ2n) is 2.26. The Morgan fingerprint density at radius 3 is 1.64 bits per heavy atom. The minimum absolute atomic E-state index is 1.13. The van der Waals surface area contributed by atoms with E-state index >= 15 is 0 Å². The van der Waals surface area contributed by atoms with Gasteiger partial charge in [-0.15, -0.1) is 0 Å². The van der Waals surface area contributed by atoms with E-state index in [2.05, 4.69) is 25.3 Å². The molecule has 0 aromatic rings. The molecule has 0 aliphatic heterocycles. The number of hydrogen-bond donors (Lipinski definition) is 0. The Balaban J connectivity index is 3.14. The first kappa shape index (κ1) is 9.96. The minimum atomic E-state index is 1.13. The molecule has 0 fully saturated rings. The molecule has 60 valence electrons. The zero-order valence-corrected chi connectivity index (χ0v) is 7.00. The van der Waals surface area contributed by atoms with Gasteiger partial charge < -0.3 is 0 Å². The second-order valence-corrected chi connectivity index (χ2v) is 2.26. The molecule has 11 heavy (non-hydrogen) atoms. The van der Waals surface area contributed by atoms with Crippen molar-refractivity contribution in [3.8, 4) is 0 Å². The van der Waals surface area contributed by atoms with E-state index in [0.29, 0.717) is 0 Å². The van der Waals surface area contributed by atoms with E-state index in [1.807, 2.05) is 12.2 Å². The van der Waals surface area contributed by atoms with E-state index < -0.39 is 0 Å². The van der Waals surface area contributed by atoms with E-state index in [0.717, 1.165) is 12.8 Å². The fourth-order valence-corrected chi connectivity index (χ4v) is 0.738. The molecule has 0 heterocycles. The molecule has 0 nitrogen and oxygen atoms in total. The standard InChI is InChI=1S/C11H16/c1-3-5-7-9-11-10-8-6-4-2/h3-8H,1-2,9-11H2. The van der Waals surface area contributed by atoms with Gasteiger partial charge in [-0.3, -0.25) is 0 Å². The average molecular weight is 148 g/mol. The summed E-state index contributed by atoms with van der Waals surface area (Å²) in [7, 11) is 0. The maximum Gasteiger partial charge on any atom is -0.0345 e. The predicted octanol–water partition coefficient (Wildman–Crippen LogP) is 3.64. The molecule has 0 saturated carbocycles. The van der Waals surface area contributed by atoms with Gasteiger partial charge in [-0.05, 0) is 19.3 Å². The van der Waals surface area contributed by atoms with Crippen LogP contribution in [0.3, 0.4) is 0 Å². The Morgan fingerprint density at radius 1 is 0.818 bits per heavy atom. The van der Waals surface area contributed by atoms with Crippen molar-refractivity contribution < 1.29 is 0 Å². The number of unbranched alkanes of at least 4 members (excludes halogenated alkanes) is 2. The van der Waals surface area contributed by atoms with Gasteiger partial charge in [0.2, 0.25) is 0 Å². The maximum absolute atomic E-state index is 3.59. The summed E-state index contributed by atoms with van der Waals surface area (Å²) >= 11 is 0. The molecule has 0 N–H and O–H groups in total. The summed E-state index contributed by atoms with van der Waals surface area (Å²) in [5, 5.41) is 0. The van der Waals surface area contributed by atoms with Crippen molar-refractivity contribution in [2.24, 2.45) is 0 Å². The fourth-order valence-electron chi connectivity index (χ4n) is 0.738. The highest BCUT2D eigenvalue weighted by Crippen LogP contribution is 1.97. The van der Waals surface area contributed by atoms with E-state index in [4.69, 9.17) is 0 Å². The van der Waals surface area contributed by atoms with Crippen LogP contribution in [-0.4, -0.2) is 0 Å². The Labute approximate surface area is 69.6 Å². The summed E-state index contributed by atoms with van der Waals surface area (Å²) in [5.41, 5.74) is 0. The van der Waals surface area contributed by atoms with Gasteiger partial charge in [-0.25, -0.2) is 0 Å². The fraction of sp³-hybridized carbons (Fsp3) is 0.273. The largest absolute Gasteiger partial charge is 0.0991 e. The van der Waals surface area contributed by atoms with Crippen LogP contribution < -0.4 is 0 Å². The van der Waals surface area contributed by atoms with Gasteiger partial charge in [-0.1, -0.05) is 49.6 Å². The molecule has 0 aliphatic carbocycles. The zero-order valence-electron chi connectivity index (χ0n) is 7.00. The lowest BCUT2D eigenvalue weighted by atomic mass is 10.2. The smallest absolute Gasteiger partial charge is 0.0345 e. The van der Waals surface area contributed by atoms with Crippen molar-refractivity contribution in [1.82, 2.24) is 0 Å². The van der Waals surface area contributed by atoms with Gasteiger partial charge in [0.1, 0.15) is 0 Å². The molecule has 0 aromatic carbocycles. The van der Waals surface area contributed by atoms with Crippen molar-refractivity contribution in [2.45, 2.75) is 19.3 Å². The molecule has 0 heteroatoms.